The van der Waals surface area contributed by atoms with Crippen LogP contribution >= 0.6 is 39.9 Å². The Morgan fingerprint density at radius 1 is 1.30 bits per heavy atom. The molecule has 0 heterocycles. The van der Waals surface area contributed by atoms with Crippen molar-refractivity contribution in [2.24, 2.45) is 5.73 Å². The molecule has 0 aliphatic heterocycles. The molecule has 2 aromatic rings. The lowest BCUT2D eigenvalue weighted by Gasteiger charge is -2.14. The van der Waals surface area contributed by atoms with Crippen molar-refractivity contribution in [2.75, 3.05) is 32.1 Å². The highest BCUT2D eigenvalue weighted by Crippen LogP contribution is 2.36. The molecule has 9 nitrogen and oxygen atoms in total. The van der Waals surface area contributed by atoms with Crippen molar-refractivity contribution in [1.29, 1.82) is 0 Å². The first-order valence-corrected chi connectivity index (χ1v) is 9.65. The highest BCUT2D eigenvalue weighted by molar-refractivity contribution is 9.10. The fourth-order valence-corrected chi connectivity index (χ4v) is 3.28. The minimum atomic E-state index is -0.578. The molecule has 0 bridgehead atoms. The second-order valence-corrected chi connectivity index (χ2v) is 7.15. The number of primary amides is 1. The van der Waals surface area contributed by atoms with Crippen LogP contribution in [-0.4, -0.2) is 37.6 Å². The van der Waals surface area contributed by atoms with Crippen LogP contribution in [0, 0.1) is 10.1 Å². The number of benzene rings is 2. The maximum Gasteiger partial charge on any atom is 0.271 e. The van der Waals surface area contributed by atoms with Crippen LogP contribution in [0.4, 0.5) is 11.4 Å². The summed E-state index contributed by atoms with van der Waals surface area (Å²) in [7, 11) is 1.51. The van der Waals surface area contributed by atoms with Crippen LogP contribution in [0.3, 0.4) is 0 Å². The zero-order chi connectivity index (χ0) is 21.4. The molecule has 30 heavy (non-hydrogen) atoms. The molecule has 2 rings (SSSR count). The van der Waals surface area contributed by atoms with E-state index in [0.717, 1.165) is 5.56 Å². The lowest BCUT2D eigenvalue weighted by molar-refractivity contribution is -0.384. The van der Waals surface area contributed by atoms with Crippen LogP contribution in [0.2, 0.25) is 5.02 Å². The van der Waals surface area contributed by atoms with Gasteiger partial charge < -0.3 is 25.8 Å². The number of amides is 1. The lowest BCUT2D eigenvalue weighted by Crippen LogP contribution is -2.22. The maximum atomic E-state index is 10.9. The molecule has 0 saturated heterocycles. The predicted molar refractivity (Wildman–Crippen MR) is 121 cm³/mol. The first-order valence-electron chi connectivity index (χ1n) is 8.48. The number of hydrogen-bond acceptors (Lipinski definition) is 7. The van der Waals surface area contributed by atoms with Crippen LogP contribution in [0.15, 0.2) is 34.8 Å². The first kappa shape index (κ1) is 25.8. The third kappa shape index (κ3) is 7.52. The number of anilines is 1. The van der Waals surface area contributed by atoms with E-state index in [1.54, 1.807) is 12.1 Å². The van der Waals surface area contributed by atoms with E-state index in [0.29, 0.717) is 46.3 Å². The molecular formula is C18H21BrCl2N4O5. The van der Waals surface area contributed by atoms with Crippen molar-refractivity contribution in [3.05, 3.63) is 55.5 Å². The van der Waals surface area contributed by atoms with Gasteiger partial charge in [0.15, 0.2) is 18.1 Å². The van der Waals surface area contributed by atoms with E-state index in [1.165, 1.54) is 19.2 Å². The van der Waals surface area contributed by atoms with Crippen molar-refractivity contribution in [2.45, 2.75) is 6.54 Å². The van der Waals surface area contributed by atoms with Crippen molar-refractivity contribution >= 4 is 57.2 Å². The number of nitrogens with one attached hydrogen (secondary N) is 2. The zero-order valence-corrected chi connectivity index (χ0v) is 19.1. The standard InChI is InChI=1S/C18H20BrClN4O5.ClH/c1-28-16-7-11(6-13(19)18(16)29-10-17(21)25)9-22-4-5-23-15-3-2-12(24(26)27)8-14(15)20;/h2-3,6-8,22-23H,4-5,9-10H2,1H3,(H2,21,25);1H. The normalized spacial score (nSPS) is 10.1. The highest BCUT2D eigenvalue weighted by atomic mass is 79.9. The Balaban J connectivity index is 0.00000450. The Hall–Kier alpha value is -2.27. The summed E-state index contributed by atoms with van der Waals surface area (Å²) >= 11 is 9.45. The number of ether oxygens (including phenoxy) is 2. The minimum Gasteiger partial charge on any atom is -0.493 e. The van der Waals surface area contributed by atoms with E-state index >= 15 is 0 Å². The van der Waals surface area contributed by atoms with Gasteiger partial charge in [0.25, 0.3) is 11.6 Å². The number of nitrogens with zero attached hydrogens (tertiary/aromatic N) is 1. The molecule has 0 atom stereocenters. The van der Waals surface area contributed by atoms with Crippen molar-refractivity contribution in [3.63, 3.8) is 0 Å². The molecule has 0 spiro atoms. The van der Waals surface area contributed by atoms with E-state index in [9.17, 15) is 14.9 Å². The van der Waals surface area contributed by atoms with Gasteiger partial charge in [-0.3, -0.25) is 14.9 Å². The number of methoxy groups -OCH3 is 1. The van der Waals surface area contributed by atoms with Crippen LogP contribution in [0.25, 0.3) is 0 Å². The molecule has 0 saturated carbocycles. The molecule has 164 valence electrons. The minimum absolute atomic E-state index is 0. The van der Waals surface area contributed by atoms with Gasteiger partial charge in [0.1, 0.15) is 0 Å². The number of carbonyl (C=O) groups excluding carboxylic acids is 1. The van der Waals surface area contributed by atoms with Gasteiger partial charge in [-0.05, 0) is 39.7 Å². The Morgan fingerprint density at radius 3 is 2.63 bits per heavy atom. The zero-order valence-electron chi connectivity index (χ0n) is 15.9. The average molecular weight is 524 g/mol. The number of rotatable bonds is 11. The van der Waals surface area contributed by atoms with Gasteiger partial charge in [0, 0.05) is 31.8 Å². The summed E-state index contributed by atoms with van der Waals surface area (Å²) in [4.78, 5) is 21.1. The summed E-state index contributed by atoms with van der Waals surface area (Å²) in [6.07, 6.45) is 0. The number of non-ortho nitro benzene ring substituents is 1. The van der Waals surface area contributed by atoms with Gasteiger partial charge in [0.05, 0.1) is 27.2 Å². The molecule has 0 aromatic heterocycles. The number of nitro benzene ring substituents is 1. The maximum absolute atomic E-state index is 10.9. The molecule has 12 heteroatoms. The van der Waals surface area contributed by atoms with E-state index in [-0.39, 0.29) is 24.7 Å². The van der Waals surface area contributed by atoms with E-state index < -0.39 is 10.8 Å². The van der Waals surface area contributed by atoms with E-state index in [2.05, 4.69) is 26.6 Å². The van der Waals surface area contributed by atoms with Gasteiger partial charge in [-0.2, -0.15) is 0 Å². The monoisotopic (exact) mass is 522 g/mol. The second-order valence-electron chi connectivity index (χ2n) is 5.89. The fraction of sp³-hybridized carbons (Fsp3) is 0.278. The van der Waals surface area contributed by atoms with Crippen molar-refractivity contribution < 1.29 is 19.2 Å². The Bertz CT molecular complexity index is 901. The summed E-state index contributed by atoms with van der Waals surface area (Å²) in [6, 6.07) is 7.94. The summed E-state index contributed by atoms with van der Waals surface area (Å²) in [5.74, 6) is 0.308. The summed E-state index contributed by atoms with van der Waals surface area (Å²) in [6.45, 7) is 1.49. The molecular weight excluding hydrogens is 503 g/mol. The van der Waals surface area contributed by atoms with Gasteiger partial charge >= 0.3 is 0 Å². The Labute approximate surface area is 192 Å². The van der Waals surface area contributed by atoms with Crippen molar-refractivity contribution in [3.8, 4) is 11.5 Å². The lowest BCUT2D eigenvalue weighted by atomic mass is 10.2. The molecule has 0 radical (unpaired) electrons. The van der Waals surface area contributed by atoms with Gasteiger partial charge in [-0.25, -0.2) is 0 Å². The molecule has 0 aliphatic rings. The molecule has 4 N–H and O–H groups in total. The quantitative estimate of drug-likeness (QED) is 0.233. The third-order valence-corrected chi connectivity index (χ3v) is 4.66. The Morgan fingerprint density at radius 2 is 2.03 bits per heavy atom. The number of hydrogen-bond donors (Lipinski definition) is 3. The summed E-state index contributed by atoms with van der Waals surface area (Å²) in [5, 5.41) is 17.4. The molecule has 0 aliphatic carbocycles. The summed E-state index contributed by atoms with van der Waals surface area (Å²) < 4.78 is 11.3. The van der Waals surface area contributed by atoms with E-state index in [4.69, 9.17) is 26.8 Å². The van der Waals surface area contributed by atoms with Crippen LogP contribution in [-0.2, 0) is 11.3 Å². The second kappa shape index (κ2) is 12.4. The number of carbonyl (C=O) groups is 1. The van der Waals surface area contributed by atoms with Crippen LogP contribution in [0.1, 0.15) is 5.56 Å². The topological polar surface area (TPSA) is 129 Å². The molecule has 0 fully saturated rings. The molecule has 1 amide bonds. The number of halogens is 3. The molecule has 0 unspecified atom stereocenters. The number of nitro groups is 1. The van der Waals surface area contributed by atoms with Gasteiger partial charge in [0.2, 0.25) is 0 Å². The van der Waals surface area contributed by atoms with Crippen molar-refractivity contribution in [1.82, 2.24) is 5.32 Å². The van der Waals surface area contributed by atoms with Gasteiger partial charge in [-0.15, -0.1) is 12.4 Å². The van der Waals surface area contributed by atoms with Gasteiger partial charge in [-0.1, -0.05) is 11.6 Å². The fourth-order valence-electron chi connectivity index (χ4n) is 2.44. The summed E-state index contributed by atoms with van der Waals surface area (Å²) in [5.41, 5.74) is 6.61. The first-order chi connectivity index (χ1) is 13.8. The van der Waals surface area contributed by atoms with Crippen LogP contribution < -0.4 is 25.8 Å². The van der Waals surface area contributed by atoms with E-state index in [1.807, 2.05) is 6.07 Å². The predicted octanol–water partition coefficient (Wildman–Crippen LogP) is 3.51. The largest absolute Gasteiger partial charge is 0.493 e. The number of nitrogens with two attached hydrogens (primary N) is 1. The smallest absolute Gasteiger partial charge is 0.271 e. The Kier molecular flexibility index (Phi) is 10.7. The third-order valence-electron chi connectivity index (χ3n) is 3.76. The molecule has 2 aromatic carbocycles. The SMILES string of the molecule is COc1cc(CNCCNc2ccc([N+](=O)[O-])cc2Cl)cc(Br)c1OCC(N)=O.Cl. The highest BCUT2D eigenvalue weighted by Gasteiger charge is 2.13. The average Bonchev–Trinajstić information content (AvgIpc) is 2.67. The van der Waals surface area contributed by atoms with Crippen LogP contribution in [0.5, 0.6) is 11.5 Å².